The van der Waals surface area contributed by atoms with Crippen LogP contribution in [0.25, 0.3) is 0 Å². The van der Waals surface area contributed by atoms with Gasteiger partial charge in [0.25, 0.3) is 0 Å². The van der Waals surface area contributed by atoms with Crippen LogP contribution in [-0.4, -0.2) is 26.3 Å². The zero-order valence-electron chi connectivity index (χ0n) is 9.39. The Morgan fingerprint density at radius 2 is 2.18 bits per heavy atom. The lowest BCUT2D eigenvalue weighted by Gasteiger charge is -2.02. The highest BCUT2D eigenvalue weighted by Crippen LogP contribution is 2.26. The molecule has 1 aromatic carbocycles. The third-order valence-electron chi connectivity index (χ3n) is 2.21. The quantitative estimate of drug-likeness (QED) is 0.872. The van der Waals surface area contributed by atoms with E-state index >= 15 is 0 Å². The maximum Gasteiger partial charge on any atom is 0.335 e. The van der Waals surface area contributed by atoms with E-state index in [0.29, 0.717) is 10.7 Å². The van der Waals surface area contributed by atoms with E-state index in [-0.39, 0.29) is 0 Å². The molecule has 88 valence electrons. The molecule has 1 heterocycles. The van der Waals surface area contributed by atoms with Crippen molar-refractivity contribution in [1.82, 2.24) is 15.2 Å². The van der Waals surface area contributed by atoms with Crippen molar-refractivity contribution in [2.45, 2.75) is 23.9 Å². The van der Waals surface area contributed by atoms with Crippen LogP contribution in [0.4, 0.5) is 0 Å². The van der Waals surface area contributed by atoms with Crippen LogP contribution in [0.2, 0.25) is 0 Å². The van der Waals surface area contributed by atoms with Crippen LogP contribution < -0.4 is 0 Å². The Bertz CT molecular complexity index is 566. The van der Waals surface area contributed by atoms with E-state index in [2.05, 4.69) is 15.2 Å². The van der Waals surface area contributed by atoms with Gasteiger partial charge in [0.1, 0.15) is 5.82 Å². The molecule has 6 heteroatoms. The first-order valence-corrected chi connectivity index (χ1v) is 5.78. The molecule has 0 spiro atoms. The molecular weight excluding hydrogens is 238 g/mol. The summed E-state index contributed by atoms with van der Waals surface area (Å²) in [6.07, 6.45) is 0. The first-order chi connectivity index (χ1) is 8.06. The molecular formula is C11H11N3O2S. The second kappa shape index (κ2) is 4.58. The number of nitrogens with zero attached hydrogens (tertiary/aromatic N) is 2. The van der Waals surface area contributed by atoms with E-state index in [4.69, 9.17) is 5.11 Å². The SMILES string of the molecule is Cc1nc(Sc2ccc(C(=O)O)c(C)c2)n[nH]1. The van der Waals surface area contributed by atoms with Gasteiger partial charge >= 0.3 is 5.97 Å². The van der Waals surface area contributed by atoms with Crippen molar-refractivity contribution in [2.24, 2.45) is 0 Å². The van der Waals surface area contributed by atoms with E-state index < -0.39 is 5.97 Å². The lowest BCUT2D eigenvalue weighted by Crippen LogP contribution is -1.99. The Morgan fingerprint density at radius 1 is 1.41 bits per heavy atom. The van der Waals surface area contributed by atoms with Crippen molar-refractivity contribution in [1.29, 1.82) is 0 Å². The number of carbonyl (C=O) groups is 1. The summed E-state index contributed by atoms with van der Waals surface area (Å²) >= 11 is 1.40. The number of aromatic carboxylic acids is 1. The summed E-state index contributed by atoms with van der Waals surface area (Å²) in [6, 6.07) is 5.17. The molecule has 0 unspecified atom stereocenters. The molecule has 0 amide bonds. The maximum absolute atomic E-state index is 10.9. The first kappa shape index (κ1) is 11.7. The van der Waals surface area contributed by atoms with Gasteiger partial charge in [-0.2, -0.15) is 0 Å². The molecule has 0 radical (unpaired) electrons. The summed E-state index contributed by atoms with van der Waals surface area (Å²) in [5, 5.41) is 16.3. The monoisotopic (exact) mass is 249 g/mol. The van der Waals surface area contributed by atoms with Gasteiger partial charge in [0.05, 0.1) is 5.56 Å². The van der Waals surface area contributed by atoms with Gasteiger partial charge in [0.15, 0.2) is 0 Å². The molecule has 0 saturated heterocycles. The van der Waals surface area contributed by atoms with Gasteiger partial charge in [-0.25, -0.2) is 9.78 Å². The zero-order chi connectivity index (χ0) is 12.4. The summed E-state index contributed by atoms with van der Waals surface area (Å²) < 4.78 is 0. The van der Waals surface area contributed by atoms with E-state index in [1.54, 1.807) is 19.1 Å². The lowest BCUT2D eigenvalue weighted by atomic mass is 10.1. The lowest BCUT2D eigenvalue weighted by molar-refractivity contribution is 0.0696. The predicted octanol–water partition coefficient (Wildman–Crippen LogP) is 2.27. The van der Waals surface area contributed by atoms with Crippen molar-refractivity contribution in [3.05, 3.63) is 35.2 Å². The molecule has 0 aliphatic rings. The van der Waals surface area contributed by atoms with Gasteiger partial charge < -0.3 is 5.11 Å². The summed E-state index contributed by atoms with van der Waals surface area (Å²) in [7, 11) is 0. The summed E-state index contributed by atoms with van der Waals surface area (Å²) in [4.78, 5) is 16.0. The van der Waals surface area contributed by atoms with E-state index in [0.717, 1.165) is 16.3 Å². The van der Waals surface area contributed by atoms with Crippen LogP contribution in [0.3, 0.4) is 0 Å². The first-order valence-electron chi connectivity index (χ1n) is 4.97. The second-order valence-corrected chi connectivity index (χ2v) is 4.63. The number of H-pyrrole nitrogens is 1. The summed E-state index contributed by atoms with van der Waals surface area (Å²) in [6.45, 7) is 3.60. The molecule has 0 aliphatic heterocycles. The van der Waals surface area contributed by atoms with Gasteiger partial charge in [0.2, 0.25) is 5.16 Å². The van der Waals surface area contributed by atoms with E-state index in [1.807, 2.05) is 13.0 Å². The Hall–Kier alpha value is -1.82. The maximum atomic E-state index is 10.9. The summed E-state index contributed by atoms with van der Waals surface area (Å²) in [5.41, 5.74) is 1.05. The summed E-state index contributed by atoms with van der Waals surface area (Å²) in [5.74, 6) is -0.154. The minimum atomic E-state index is -0.909. The van der Waals surface area contributed by atoms with Crippen LogP contribution in [0.15, 0.2) is 28.3 Å². The van der Waals surface area contributed by atoms with Gasteiger partial charge in [-0.1, -0.05) is 0 Å². The average molecular weight is 249 g/mol. The van der Waals surface area contributed by atoms with Gasteiger partial charge in [-0.3, -0.25) is 5.10 Å². The van der Waals surface area contributed by atoms with Crippen molar-refractivity contribution >= 4 is 17.7 Å². The average Bonchev–Trinajstić information content (AvgIpc) is 2.63. The highest BCUT2D eigenvalue weighted by atomic mass is 32.2. The molecule has 0 atom stereocenters. The fraction of sp³-hybridized carbons (Fsp3) is 0.182. The molecule has 0 bridgehead atoms. The van der Waals surface area contributed by atoms with Crippen molar-refractivity contribution in [2.75, 3.05) is 0 Å². The number of aryl methyl sites for hydroxylation is 2. The number of benzene rings is 1. The molecule has 2 rings (SSSR count). The fourth-order valence-corrected chi connectivity index (χ4v) is 2.27. The number of hydrogen-bond acceptors (Lipinski definition) is 4. The fourth-order valence-electron chi connectivity index (χ4n) is 1.41. The Balaban J connectivity index is 2.23. The molecule has 0 fully saturated rings. The highest BCUT2D eigenvalue weighted by molar-refractivity contribution is 7.99. The van der Waals surface area contributed by atoms with Crippen LogP contribution in [-0.2, 0) is 0 Å². The van der Waals surface area contributed by atoms with Crippen LogP contribution in [0.5, 0.6) is 0 Å². The topological polar surface area (TPSA) is 78.9 Å². The zero-order valence-corrected chi connectivity index (χ0v) is 10.2. The second-order valence-electron chi connectivity index (χ2n) is 3.59. The van der Waals surface area contributed by atoms with E-state index in [1.165, 1.54) is 11.8 Å². The number of carboxylic acid groups (broad SMARTS) is 1. The van der Waals surface area contributed by atoms with Crippen LogP contribution >= 0.6 is 11.8 Å². The number of carboxylic acids is 1. The van der Waals surface area contributed by atoms with Crippen molar-refractivity contribution < 1.29 is 9.90 Å². The van der Waals surface area contributed by atoms with Crippen LogP contribution in [0.1, 0.15) is 21.7 Å². The standard InChI is InChI=1S/C11H11N3O2S/c1-6-5-8(3-4-9(6)10(15)16)17-11-12-7(2)13-14-11/h3-5H,1-2H3,(H,15,16)(H,12,13,14). The molecule has 5 nitrogen and oxygen atoms in total. The number of aromatic nitrogens is 3. The largest absolute Gasteiger partial charge is 0.478 e. The Morgan fingerprint density at radius 3 is 2.71 bits per heavy atom. The minimum absolute atomic E-state index is 0.320. The number of rotatable bonds is 3. The number of hydrogen-bond donors (Lipinski definition) is 2. The minimum Gasteiger partial charge on any atom is -0.478 e. The number of aromatic amines is 1. The smallest absolute Gasteiger partial charge is 0.335 e. The third kappa shape index (κ3) is 2.65. The molecule has 17 heavy (non-hydrogen) atoms. The van der Waals surface area contributed by atoms with Crippen molar-refractivity contribution in [3.8, 4) is 0 Å². The predicted molar refractivity (Wildman–Crippen MR) is 63.4 cm³/mol. The third-order valence-corrected chi connectivity index (χ3v) is 3.07. The molecule has 2 N–H and O–H groups in total. The van der Waals surface area contributed by atoms with Crippen LogP contribution in [0, 0.1) is 13.8 Å². The molecule has 0 saturated carbocycles. The van der Waals surface area contributed by atoms with Gasteiger partial charge in [-0.15, -0.1) is 5.10 Å². The van der Waals surface area contributed by atoms with Crippen molar-refractivity contribution in [3.63, 3.8) is 0 Å². The Labute approximate surface area is 102 Å². The molecule has 2 aromatic rings. The Kier molecular flexibility index (Phi) is 3.14. The number of nitrogens with one attached hydrogen (secondary N) is 1. The van der Waals surface area contributed by atoms with Gasteiger partial charge in [-0.05, 0) is 49.4 Å². The molecule has 0 aliphatic carbocycles. The normalized spacial score (nSPS) is 10.5. The molecule has 1 aromatic heterocycles. The highest BCUT2D eigenvalue weighted by Gasteiger charge is 2.09. The van der Waals surface area contributed by atoms with Gasteiger partial charge in [0, 0.05) is 4.90 Å². The van der Waals surface area contributed by atoms with E-state index in [9.17, 15) is 4.79 Å².